The summed E-state index contributed by atoms with van der Waals surface area (Å²) in [6, 6.07) is 7.08. The first kappa shape index (κ1) is 23.6. The van der Waals surface area contributed by atoms with E-state index in [0.717, 1.165) is 11.3 Å². The van der Waals surface area contributed by atoms with Crippen molar-refractivity contribution in [2.75, 3.05) is 11.9 Å². The molecule has 0 saturated heterocycles. The molecule has 0 saturated carbocycles. The Kier molecular flexibility index (Phi) is 7.81. The van der Waals surface area contributed by atoms with Crippen molar-refractivity contribution in [3.05, 3.63) is 56.9 Å². The summed E-state index contributed by atoms with van der Waals surface area (Å²) < 4.78 is 10.5. The van der Waals surface area contributed by atoms with Crippen LogP contribution in [0.3, 0.4) is 0 Å². The van der Waals surface area contributed by atoms with Crippen molar-refractivity contribution in [2.45, 2.75) is 40.2 Å². The highest BCUT2D eigenvalue weighted by molar-refractivity contribution is 7.18. The van der Waals surface area contributed by atoms with E-state index in [4.69, 9.17) is 21.1 Å². The average molecular weight is 450 g/mol. The normalized spacial score (nSPS) is 11.4. The number of esters is 2. The van der Waals surface area contributed by atoms with Crippen LogP contribution in [-0.2, 0) is 14.3 Å². The van der Waals surface area contributed by atoms with Crippen LogP contribution in [0.2, 0.25) is 5.02 Å². The van der Waals surface area contributed by atoms with Crippen LogP contribution in [0.15, 0.2) is 30.3 Å². The van der Waals surface area contributed by atoms with E-state index in [-0.39, 0.29) is 22.0 Å². The molecule has 8 heteroatoms. The second-order valence-corrected chi connectivity index (χ2v) is 8.75. The molecule has 0 aliphatic rings. The van der Waals surface area contributed by atoms with Crippen molar-refractivity contribution < 1.29 is 23.9 Å². The second kappa shape index (κ2) is 9.91. The third-order valence-corrected chi connectivity index (χ3v) is 5.30. The number of rotatable bonds is 6. The summed E-state index contributed by atoms with van der Waals surface area (Å²) in [5, 5.41) is 3.39. The molecular formula is C22H24ClNO5S. The van der Waals surface area contributed by atoms with Crippen molar-refractivity contribution in [3.8, 4) is 0 Å². The van der Waals surface area contributed by atoms with Crippen LogP contribution in [-0.4, -0.2) is 30.1 Å². The smallest absolute Gasteiger partial charge is 0.349 e. The van der Waals surface area contributed by atoms with E-state index in [1.807, 2.05) is 0 Å². The molecule has 0 unspecified atom stereocenters. The zero-order chi connectivity index (χ0) is 22.5. The molecule has 30 heavy (non-hydrogen) atoms. The molecule has 6 nitrogen and oxygen atoms in total. The lowest BCUT2D eigenvalue weighted by atomic mass is 10.1. The molecule has 1 amide bonds. The zero-order valence-electron chi connectivity index (χ0n) is 17.5. The Bertz CT molecular complexity index is 988. The molecule has 2 rings (SSSR count). The number of halogens is 1. The molecule has 0 aliphatic heterocycles. The highest BCUT2D eigenvalue weighted by Gasteiger charge is 2.29. The van der Waals surface area contributed by atoms with Gasteiger partial charge in [0.15, 0.2) is 0 Å². The second-order valence-electron chi connectivity index (χ2n) is 7.33. The van der Waals surface area contributed by atoms with Crippen LogP contribution in [0.5, 0.6) is 0 Å². The fourth-order valence-corrected chi connectivity index (χ4v) is 3.77. The topological polar surface area (TPSA) is 81.7 Å². The van der Waals surface area contributed by atoms with Gasteiger partial charge in [-0.1, -0.05) is 29.8 Å². The lowest BCUT2D eigenvalue weighted by Crippen LogP contribution is -2.23. The molecule has 0 radical (unpaired) electrons. The minimum absolute atomic E-state index is 0.141. The molecule has 0 atom stereocenters. The number of ether oxygens (including phenoxy) is 2. The Morgan fingerprint density at radius 3 is 2.43 bits per heavy atom. The van der Waals surface area contributed by atoms with Crippen molar-refractivity contribution >= 4 is 51.9 Å². The standard InChI is InChI=1S/C22H24ClNO5S/c1-6-28-20(26)17-13(2)18(21(27)29-22(3,4)5)30-19(17)24-16(25)12-11-14-9-7-8-10-15(14)23/h7-12H,6H2,1-5H3,(H,24,25). The van der Waals surface area contributed by atoms with Gasteiger partial charge in [0, 0.05) is 11.1 Å². The van der Waals surface area contributed by atoms with E-state index >= 15 is 0 Å². The quantitative estimate of drug-likeness (QED) is 0.465. The summed E-state index contributed by atoms with van der Waals surface area (Å²) >= 11 is 7.06. The van der Waals surface area contributed by atoms with Crippen LogP contribution >= 0.6 is 22.9 Å². The molecule has 1 aromatic carbocycles. The Morgan fingerprint density at radius 2 is 1.83 bits per heavy atom. The van der Waals surface area contributed by atoms with Crippen molar-refractivity contribution in [1.29, 1.82) is 0 Å². The van der Waals surface area contributed by atoms with E-state index < -0.39 is 23.4 Å². The average Bonchev–Trinajstić information content (AvgIpc) is 2.96. The van der Waals surface area contributed by atoms with Gasteiger partial charge in [-0.15, -0.1) is 11.3 Å². The molecule has 0 aliphatic carbocycles. The number of hydrogen-bond donors (Lipinski definition) is 1. The number of amides is 1. The van der Waals surface area contributed by atoms with Gasteiger partial charge < -0.3 is 14.8 Å². The van der Waals surface area contributed by atoms with Gasteiger partial charge in [0.25, 0.3) is 0 Å². The zero-order valence-corrected chi connectivity index (χ0v) is 19.1. The van der Waals surface area contributed by atoms with Crippen molar-refractivity contribution in [2.24, 2.45) is 0 Å². The van der Waals surface area contributed by atoms with E-state index in [0.29, 0.717) is 16.1 Å². The number of carbonyl (C=O) groups is 3. The Balaban J connectivity index is 2.34. The lowest BCUT2D eigenvalue weighted by molar-refractivity contribution is -0.111. The molecule has 0 bridgehead atoms. The summed E-state index contributed by atoms with van der Waals surface area (Å²) in [5.41, 5.74) is 0.524. The fourth-order valence-electron chi connectivity index (χ4n) is 2.50. The van der Waals surface area contributed by atoms with Gasteiger partial charge in [-0.25, -0.2) is 9.59 Å². The minimum Gasteiger partial charge on any atom is -0.462 e. The van der Waals surface area contributed by atoms with Crippen LogP contribution < -0.4 is 5.32 Å². The predicted octanol–water partition coefficient (Wildman–Crippen LogP) is 5.49. The number of nitrogens with one attached hydrogen (secondary N) is 1. The molecule has 0 spiro atoms. The van der Waals surface area contributed by atoms with Gasteiger partial charge >= 0.3 is 11.9 Å². The van der Waals surface area contributed by atoms with Gasteiger partial charge in [-0.05, 0) is 57.9 Å². The number of anilines is 1. The van der Waals surface area contributed by atoms with Gasteiger partial charge in [0.1, 0.15) is 15.5 Å². The minimum atomic E-state index is -0.696. The fraction of sp³-hybridized carbons (Fsp3) is 0.318. The third-order valence-electron chi connectivity index (χ3n) is 3.77. The Morgan fingerprint density at radius 1 is 1.17 bits per heavy atom. The van der Waals surface area contributed by atoms with Crippen LogP contribution in [0.1, 0.15) is 58.9 Å². The first-order valence-electron chi connectivity index (χ1n) is 9.31. The molecule has 1 aromatic heterocycles. The summed E-state index contributed by atoms with van der Waals surface area (Å²) in [5.74, 6) is -1.66. The summed E-state index contributed by atoms with van der Waals surface area (Å²) in [6.45, 7) is 8.72. The van der Waals surface area contributed by atoms with Gasteiger partial charge in [-0.2, -0.15) is 0 Å². The van der Waals surface area contributed by atoms with E-state index in [2.05, 4.69) is 5.32 Å². The number of hydrogen-bond acceptors (Lipinski definition) is 6. The third kappa shape index (κ3) is 6.18. The van der Waals surface area contributed by atoms with Gasteiger partial charge in [-0.3, -0.25) is 4.79 Å². The van der Waals surface area contributed by atoms with Crippen LogP contribution in [0.4, 0.5) is 5.00 Å². The Hall–Kier alpha value is -2.64. The van der Waals surface area contributed by atoms with Gasteiger partial charge in [0.05, 0.1) is 12.2 Å². The number of carbonyl (C=O) groups excluding carboxylic acids is 3. The summed E-state index contributed by atoms with van der Waals surface area (Å²) in [7, 11) is 0. The molecule has 1 N–H and O–H groups in total. The molecule has 0 fully saturated rings. The molecule has 160 valence electrons. The largest absolute Gasteiger partial charge is 0.462 e. The molecular weight excluding hydrogens is 426 g/mol. The maximum absolute atomic E-state index is 12.6. The Labute approximate surface area is 184 Å². The van der Waals surface area contributed by atoms with Crippen molar-refractivity contribution in [3.63, 3.8) is 0 Å². The lowest BCUT2D eigenvalue weighted by Gasteiger charge is -2.19. The number of thiophene rings is 1. The van der Waals surface area contributed by atoms with E-state index in [1.165, 1.54) is 6.08 Å². The highest BCUT2D eigenvalue weighted by atomic mass is 35.5. The van der Waals surface area contributed by atoms with Crippen LogP contribution in [0.25, 0.3) is 6.08 Å². The maximum Gasteiger partial charge on any atom is 0.349 e. The van der Waals surface area contributed by atoms with Gasteiger partial charge in [0.2, 0.25) is 5.91 Å². The molecule has 2 aromatic rings. The number of benzene rings is 1. The van der Waals surface area contributed by atoms with E-state index in [9.17, 15) is 14.4 Å². The maximum atomic E-state index is 12.6. The highest BCUT2D eigenvalue weighted by Crippen LogP contribution is 2.35. The monoisotopic (exact) mass is 449 g/mol. The summed E-state index contributed by atoms with van der Waals surface area (Å²) in [6.07, 6.45) is 2.87. The van der Waals surface area contributed by atoms with Crippen LogP contribution in [0, 0.1) is 6.92 Å². The van der Waals surface area contributed by atoms with Crippen molar-refractivity contribution in [1.82, 2.24) is 0 Å². The SMILES string of the molecule is CCOC(=O)c1c(NC(=O)C=Cc2ccccc2Cl)sc(C(=O)OC(C)(C)C)c1C. The van der Waals surface area contributed by atoms with E-state index in [1.54, 1.807) is 65.0 Å². The first-order chi connectivity index (χ1) is 14.0. The predicted molar refractivity (Wildman–Crippen MR) is 119 cm³/mol. The molecule has 1 heterocycles. The first-order valence-corrected chi connectivity index (χ1v) is 10.5. The summed E-state index contributed by atoms with van der Waals surface area (Å²) in [4.78, 5) is 37.7.